The molecule has 0 saturated heterocycles. The average Bonchev–Trinajstić information content (AvgIpc) is 2.26. The summed E-state index contributed by atoms with van der Waals surface area (Å²) in [6.07, 6.45) is 1.79. The predicted octanol–water partition coefficient (Wildman–Crippen LogP) is 3.04. The van der Waals surface area contributed by atoms with E-state index in [-0.39, 0.29) is 5.25 Å². The highest BCUT2D eigenvalue weighted by Crippen LogP contribution is 2.18. The van der Waals surface area contributed by atoms with Crippen LogP contribution in [0.2, 0.25) is 0 Å². The van der Waals surface area contributed by atoms with Gasteiger partial charge in [-0.25, -0.2) is 0 Å². The minimum Gasteiger partial charge on any atom is -0.480 e. The van der Waals surface area contributed by atoms with E-state index in [4.69, 9.17) is 5.11 Å². The zero-order valence-electron chi connectivity index (χ0n) is 8.64. The molecule has 0 bridgehead atoms. The molecule has 3 heteroatoms. The van der Waals surface area contributed by atoms with Crippen LogP contribution in [0.4, 0.5) is 0 Å². The number of carboxylic acid groups (broad SMARTS) is 1. The number of aliphatic carboxylic acids is 1. The van der Waals surface area contributed by atoms with Crippen molar-refractivity contribution in [3.8, 4) is 0 Å². The molecular formula is C12H14O2S. The molecule has 0 spiro atoms. The number of rotatable bonds is 5. The smallest absolute Gasteiger partial charge is 0.316 e. The van der Waals surface area contributed by atoms with E-state index in [9.17, 15) is 4.79 Å². The van der Waals surface area contributed by atoms with Gasteiger partial charge in [-0.15, -0.1) is 11.8 Å². The normalized spacial score (nSPS) is 12.1. The lowest BCUT2D eigenvalue weighted by Gasteiger charge is -2.05. The summed E-state index contributed by atoms with van der Waals surface area (Å²) in [6.45, 7) is 5.37. The molecule has 0 amide bonds. The molecule has 1 unspecified atom stereocenters. The largest absolute Gasteiger partial charge is 0.480 e. The lowest BCUT2D eigenvalue weighted by molar-refractivity contribution is -0.136. The van der Waals surface area contributed by atoms with Crippen molar-refractivity contribution in [3.05, 3.63) is 42.0 Å². The second-order valence-corrected chi connectivity index (χ2v) is 4.57. The van der Waals surface area contributed by atoms with Crippen molar-refractivity contribution in [2.24, 2.45) is 0 Å². The number of thioether (sulfide) groups is 1. The third kappa shape index (κ3) is 3.80. The van der Waals surface area contributed by atoms with Gasteiger partial charge in [0.1, 0.15) is 0 Å². The van der Waals surface area contributed by atoms with E-state index in [0.717, 1.165) is 16.9 Å². The summed E-state index contributed by atoms with van der Waals surface area (Å²) in [4.78, 5) is 10.6. The van der Waals surface area contributed by atoms with Gasteiger partial charge in [0.2, 0.25) is 0 Å². The van der Waals surface area contributed by atoms with Crippen LogP contribution in [0.3, 0.4) is 0 Å². The Labute approximate surface area is 94.0 Å². The Bertz CT molecular complexity index is 343. The monoisotopic (exact) mass is 222 g/mol. The Balaban J connectivity index is 2.51. The van der Waals surface area contributed by atoms with Gasteiger partial charge >= 0.3 is 5.97 Å². The fraction of sp³-hybridized carbons (Fsp3) is 0.250. The van der Waals surface area contributed by atoms with Crippen molar-refractivity contribution in [2.45, 2.75) is 17.9 Å². The summed E-state index contributed by atoms with van der Waals surface area (Å²) < 4.78 is 0. The van der Waals surface area contributed by atoms with Crippen molar-refractivity contribution < 1.29 is 9.90 Å². The van der Waals surface area contributed by atoms with E-state index in [1.165, 1.54) is 11.8 Å². The van der Waals surface area contributed by atoms with E-state index in [1.54, 1.807) is 13.0 Å². The topological polar surface area (TPSA) is 37.3 Å². The van der Waals surface area contributed by atoms with Gasteiger partial charge in [-0.2, -0.15) is 0 Å². The van der Waals surface area contributed by atoms with Crippen molar-refractivity contribution in [1.82, 2.24) is 0 Å². The highest BCUT2D eigenvalue weighted by atomic mass is 32.2. The van der Waals surface area contributed by atoms with Crippen LogP contribution < -0.4 is 0 Å². The molecule has 0 saturated carbocycles. The highest BCUT2D eigenvalue weighted by Gasteiger charge is 2.10. The van der Waals surface area contributed by atoms with Crippen LogP contribution in [0.15, 0.2) is 30.8 Å². The third-order valence-corrected chi connectivity index (χ3v) is 3.26. The summed E-state index contributed by atoms with van der Waals surface area (Å²) in [7, 11) is 0. The first kappa shape index (κ1) is 11.9. The number of hydrogen-bond donors (Lipinski definition) is 1. The van der Waals surface area contributed by atoms with E-state index in [1.807, 2.05) is 24.3 Å². The molecule has 1 atom stereocenters. The second-order valence-electron chi connectivity index (χ2n) is 3.24. The second kappa shape index (κ2) is 5.61. The van der Waals surface area contributed by atoms with Crippen LogP contribution in [-0.4, -0.2) is 16.3 Å². The minimum atomic E-state index is -0.761. The molecule has 0 aliphatic carbocycles. The van der Waals surface area contributed by atoms with Gasteiger partial charge < -0.3 is 5.11 Å². The lowest BCUT2D eigenvalue weighted by atomic mass is 10.1. The Morgan fingerprint density at radius 3 is 2.60 bits per heavy atom. The van der Waals surface area contributed by atoms with Crippen molar-refractivity contribution in [3.63, 3.8) is 0 Å². The fourth-order valence-electron chi connectivity index (χ4n) is 1.04. The van der Waals surface area contributed by atoms with Gasteiger partial charge in [0.25, 0.3) is 0 Å². The lowest BCUT2D eigenvalue weighted by Crippen LogP contribution is -2.11. The predicted molar refractivity (Wildman–Crippen MR) is 64.9 cm³/mol. The van der Waals surface area contributed by atoms with Crippen LogP contribution in [0, 0.1) is 0 Å². The highest BCUT2D eigenvalue weighted by molar-refractivity contribution is 7.99. The van der Waals surface area contributed by atoms with Gasteiger partial charge in [-0.3, -0.25) is 4.79 Å². The van der Waals surface area contributed by atoms with Crippen LogP contribution >= 0.6 is 11.8 Å². The molecule has 0 aromatic heterocycles. The molecule has 0 aliphatic heterocycles. The summed E-state index contributed by atoms with van der Waals surface area (Å²) in [5.74, 6) is -0.0343. The summed E-state index contributed by atoms with van der Waals surface area (Å²) in [6, 6.07) is 7.96. The average molecular weight is 222 g/mol. The first-order chi connectivity index (χ1) is 7.13. The molecule has 80 valence electrons. The van der Waals surface area contributed by atoms with Crippen LogP contribution in [-0.2, 0) is 10.5 Å². The molecule has 1 N–H and O–H groups in total. The van der Waals surface area contributed by atoms with Crippen LogP contribution in [0.1, 0.15) is 18.1 Å². The molecule has 1 aromatic rings. The van der Waals surface area contributed by atoms with Gasteiger partial charge in [0.05, 0.1) is 5.25 Å². The number of carbonyl (C=O) groups is 1. The number of carboxylic acids is 1. The maximum atomic E-state index is 10.6. The maximum absolute atomic E-state index is 10.6. The Hall–Kier alpha value is -1.22. The first-order valence-corrected chi connectivity index (χ1v) is 5.74. The van der Waals surface area contributed by atoms with E-state index in [2.05, 4.69) is 6.58 Å². The maximum Gasteiger partial charge on any atom is 0.316 e. The molecule has 0 radical (unpaired) electrons. The summed E-state index contributed by atoms with van der Waals surface area (Å²) in [5.41, 5.74) is 2.22. The van der Waals surface area contributed by atoms with E-state index >= 15 is 0 Å². The van der Waals surface area contributed by atoms with Gasteiger partial charge in [-0.05, 0) is 18.1 Å². The van der Waals surface area contributed by atoms with Gasteiger partial charge in [0, 0.05) is 5.75 Å². The Morgan fingerprint density at radius 1 is 1.53 bits per heavy atom. The fourth-order valence-corrected chi connectivity index (χ4v) is 1.82. The number of benzene rings is 1. The van der Waals surface area contributed by atoms with Crippen LogP contribution in [0.25, 0.3) is 6.08 Å². The molecule has 1 aromatic carbocycles. The molecule has 0 fully saturated rings. The van der Waals surface area contributed by atoms with Crippen molar-refractivity contribution >= 4 is 23.8 Å². The molecule has 15 heavy (non-hydrogen) atoms. The molecule has 1 rings (SSSR count). The minimum absolute atomic E-state index is 0.357. The van der Waals surface area contributed by atoms with Crippen molar-refractivity contribution in [1.29, 1.82) is 0 Å². The molecule has 0 aliphatic rings. The standard InChI is InChI=1S/C12H14O2S/c1-3-10-4-6-11(7-5-10)8-15-9(2)12(13)14/h3-7,9H,1,8H2,2H3,(H,13,14). The van der Waals surface area contributed by atoms with Crippen molar-refractivity contribution in [2.75, 3.05) is 0 Å². The number of hydrogen-bond acceptors (Lipinski definition) is 2. The van der Waals surface area contributed by atoms with E-state index < -0.39 is 5.97 Å². The molecular weight excluding hydrogens is 208 g/mol. The zero-order valence-corrected chi connectivity index (χ0v) is 9.46. The Morgan fingerprint density at radius 2 is 2.13 bits per heavy atom. The summed E-state index contributed by atoms with van der Waals surface area (Å²) in [5, 5.41) is 8.35. The quantitative estimate of drug-likeness (QED) is 0.832. The zero-order chi connectivity index (χ0) is 11.3. The first-order valence-electron chi connectivity index (χ1n) is 4.69. The third-order valence-electron chi connectivity index (χ3n) is 2.06. The molecule has 0 heterocycles. The van der Waals surface area contributed by atoms with E-state index in [0.29, 0.717) is 0 Å². The Kier molecular flexibility index (Phi) is 4.43. The molecule has 2 nitrogen and oxygen atoms in total. The SMILES string of the molecule is C=Cc1ccc(CSC(C)C(=O)O)cc1. The summed E-state index contributed by atoms with van der Waals surface area (Å²) >= 11 is 1.43. The van der Waals surface area contributed by atoms with Gasteiger partial charge in [-0.1, -0.05) is 36.9 Å². The van der Waals surface area contributed by atoms with Gasteiger partial charge in [0.15, 0.2) is 0 Å². The van der Waals surface area contributed by atoms with Crippen LogP contribution in [0.5, 0.6) is 0 Å².